The molecule has 0 saturated heterocycles. The molecule has 0 aliphatic heterocycles. The lowest BCUT2D eigenvalue weighted by atomic mass is 9.78. The summed E-state index contributed by atoms with van der Waals surface area (Å²) in [6, 6.07) is 6.36. The normalized spacial score (nSPS) is 19.6. The Labute approximate surface area is 149 Å². The topological polar surface area (TPSA) is 70.6 Å². The number of aryl methyl sites for hydroxylation is 1. The molecular weight excluding hydrogens is 389 g/mol. The molecule has 1 saturated carbocycles. The third-order valence-electron chi connectivity index (χ3n) is 4.80. The van der Waals surface area contributed by atoms with Gasteiger partial charge in [-0.05, 0) is 68.6 Å². The van der Waals surface area contributed by atoms with Gasteiger partial charge in [0.25, 0.3) is 0 Å². The third-order valence-corrected chi connectivity index (χ3v) is 4.80. The Morgan fingerprint density at radius 2 is 2.00 bits per heavy atom. The maximum absolute atomic E-state index is 10.0. The van der Waals surface area contributed by atoms with E-state index in [2.05, 4.69) is 28.5 Å². The minimum absolute atomic E-state index is 0. The molecule has 4 nitrogen and oxygen atoms in total. The van der Waals surface area contributed by atoms with E-state index in [1.807, 2.05) is 0 Å². The summed E-state index contributed by atoms with van der Waals surface area (Å²) in [5, 5.41) is 13.3. The molecule has 0 aromatic heterocycles. The smallest absolute Gasteiger partial charge is 0.193 e. The molecule has 0 bridgehead atoms. The van der Waals surface area contributed by atoms with E-state index in [-0.39, 0.29) is 24.0 Å². The number of aliphatic hydroxyl groups is 1. The van der Waals surface area contributed by atoms with Crippen LogP contribution in [0.3, 0.4) is 0 Å². The van der Waals surface area contributed by atoms with Crippen LogP contribution in [0.5, 0.6) is 0 Å². The van der Waals surface area contributed by atoms with Gasteiger partial charge in [-0.1, -0.05) is 12.1 Å². The van der Waals surface area contributed by atoms with E-state index in [0.29, 0.717) is 18.9 Å². The number of rotatable bonds is 4. The first-order valence-corrected chi connectivity index (χ1v) is 8.06. The van der Waals surface area contributed by atoms with Crippen molar-refractivity contribution in [3.8, 4) is 0 Å². The van der Waals surface area contributed by atoms with Gasteiger partial charge in [-0.2, -0.15) is 0 Å². The zero-order valence-corrected chi connectivity index (χ0v) is 15.3. The predicted molar refractivity (Wildman–Crippen MR) is 102 cm³/mol. The van der Waals surface area contributed by atoms with Crippen molar-refractivity contribution in [3.63, 3.8) is 0 Å². The molecule has 1 aromatic carbocycles. The molecule has 5 heteroatoms. The van der Waals surface area contributed by atoms with Crippen LogP contribution in [0.2, 0.25) is 0 Å². The van der Waals surface area contributed by atoms with Crippen molar-refractivity contribution in [2.75, 3.05) is 11.9 Å². The minimum atomic E-state index is -0.476. The van der Waals surface area contributed by atoms with Gasteiger partial charge in [0.05, 0.1) is 5.60 Å². The lowest BCUT2D eigenvalue weighted by molar-refractivity contribution is -0.0377. The highest BCUT2D eigenvalue weighted by atomic mass is 127. The fourth-order valence-electron chi connectivity index (χ4n) is 3.30. The molecule has 0 radical (unpaired) electrons. The van der Waals surface area contributed by atoms with E-state index in [9.17, 15) is 5.11 Å². The number of aliphatic imine (C=N–C) groups is 1. The molecule has 1 fully saturated rings. The quantitative estimate of drug-likeness (QED) is 0.402. The van der Waals surface area contributed by atoms with Gasteiger partial charge in [-0.25, -0.2) is 0 Å². The maximum atomic E-state index is 10.0. The molecule has 22 heavy (non-hydrogen) atoms. The predicted octanol–water partition coefficient (Wildman–Crippen LogP) is 3.22. The second kappa shape index (κ2) is 7.64. The number of nitrogens with one attached hydrogen (secondary N) is 1. The van der Waals surface area contributed by atoms with Crippen LogP contribution in [0.15, 0.2) is 23.2 Å². The van der Waals surface area contributed by atoms with E-state index in [4.69, 9.17) is 5.73 Å². The number of halogens is 1. The van der Waals surface area contributed by atoms with Gasteiger partial charge in [0, 0.05) is 12.2 Å². The molecule has 0 heterocycles. The zero-order valence-electron chi connectivity index (χ0n) is 13.0. The summed E-state index contributed by atoms with van der Waals surface area (Å²) < 4.78 is 0. The number of hydrogen-bond donors (Lipinski definition) is 3. The van der Waals surface area contributed by atoms with Crippen molar-refractivity contribution >= 4 is 35.6 Å². The van der Waals surface area contributed by atoms with Gasteiger partial charge in [0.1, 0.15) is 0 Å². The molecular formula is C17H26IN3O. The van der Waals surface area contributed by atoms with Gasteiger partial charge >= 0.3 is 0 Å². The summed E-state index contributed by atoms with van der Waals surface area (Å²) >= 11 is 0. The Morgan fingerprint density at radius 3 is 2.73 bits per heavy atom. The van der Waals surface area contributed by atoms with Crippen molar-refractivity contribution in [1.29, 1.82) is 0 Å². The molecule has 2 aliphatic rings. The van der Waals surface area contributed by atoms with Gasteiger partial charge in [0.2, 0.25) is 0 Å². The summed E-state index contributed by atoms with van der Waals surface area (Å²) in [6.45, 7) is 0.588. The first kappa shape index (κ1) is 17.5. The largest absolute Gasteiger partial charge is 0.390 e. The first-order chi connectivity index (χ1) is 10.2. The number of anilines is 1. The first-order valence-electron chi connectivity index (χ1n) is 8.06. The highest BCUT2D eigenvalue weighted by Crippen LogP contribution is 2.34. The SMILES string of the molecule is I.NC(=NCCC1(O)CCC1)Nc1cccc2c1CCCC2. The lowest BCUT2D eigenvalue weighted by Gasteiger charge is -2.36. The number of nitrogens with two attached hydrogens (primary N) is 1. The van der Waals surface area contributed by atoms with Crippen molar-refractivity contribution in [1.82, 2.24) is 0 Å². The molecule has 2 aliphatic carbocycles. The second-order valence-electron chi connectivity index (χ2n) is 6.37. The van der Waals surface area contributed by atoms with Crippen LogP contribution in [0, 0.1) is 0 Å². The van der Waals surface area contributed by atoms with E-state index in [0.717, 1.165) is 37.8 Å². The number of benzene rings is 1. The summed E-state index contributed by atoms with van der Waals surface area (Å²) in [5.74, 6) is 0.455. The maximum Gasteiger partial charge on any atom is 0.193 e. The van der Waals surface area contributed by atoms with Crippen LogP contribution >= 0.6 is 24.0 Å². The van der Waals surface area contributed by atoms with Crippen LogP contribution < -0.4 is 11.1 Å². The van der Waals surface area contributed by atoms with Crippen LogP contribution in [0.1, 0.15) is 49.7 Å². The van der Waals surface area contributed by atoms with Crippen LogP contribution in [-0.4, -0.2) is 23.2 Å². The standard InChI is InChI=1S/C17H25N3O.HI/c18-16(19-12-11-17(21)9-4-10-17)20-15-8-3-6-13-5-1-2-7-14(13)15;/h3,6,8,21H,1-2,4-5,7,9-12H2,(H3,18,19,20);1H. The van der Waals surface area contributed by atoms with E-state index in [1.54, 1.807) is 0 Å². The molecule has 0 unspecified atom stereocenters. The van der Waals surface area contributed by atoms with Gasteiger partial charge in [-0.15, -0.1) is 24.0 Å². The molecule has 122 valence electrons. The zero-order chi connectivity index (χ0) is 14.7. The number of hydrogen-bond acceptors (Lipinski definition) is 2. The molecule has 0 spiro atoms. The molecule has 0 amide bonds. The fourth-order valence-corrected chi connectivity index (χ4v) is 3.30. The van der Waals surface area contributed by atoms with Crippen molar-refractivity contribution in [2.24, 2.45) is 10.7 Å². The number of guanidine groups is 1. The lowest BCUT2D eigenvalue weighted by Crippen LogP contribution is -2.37. The Kier molecular flexibility index (Phi) is 6.09. The Morgan fingerprint density at radius 1 is 1.23 bits per heavy atom. The van der Waals surface area contributed by atoms with Crippen LogP contribution in [-0.2, 0) is 12.8 Å². The Balaban J connectivity index is 0.00000176. The third kappa shape index (κ3) is 4.13. The average Bonchev–Trinajstić information content (AvgIpc) is 2.46. The van der Waals surface area contributed by atoms with Gasteiger partial charge in [-0.3, -0.25) is 4.99 Å². The summed E-state index contributed by atoms with van der Waals surface area (Å²) in [7, 11) is 0. The molecule has 0 atom stereocenters. The highest BCUT2D eigenvalue weighted by Gasteiger charge is 2.33. The Hall–Kier alpha value is -0.820. The molecule has 3 rings (SSSR count). The van der Waals surface area contributed by atoms with Crippen molar-refractivity contribution < 1.29 is 5.11 Å². The van der Waals surface area contributed by atoms with Crippen LogP contribution in [0.25, 0.3) is 0 Å². The van der Waals surface area contributed by atoms with Crippen molar-refractivity contribution in [2.45, 2.75) is 57.0 Å². The van der Waals surface area contributed by atoms with Gasteiger partial charge < -0.3 is 16.2 Å². The Bertz CT molecular complexity index is 541. The van der Waals surface area contributed by atoms with Crippen molar-refractivity contribution in [3.05, 3.63) is 29.3 Å². The van der Waals surface area contributed by atoms with Crippen LogP contribution in [0.4, 0.5) is 5.69 Å². The molecule has 4 N–H and O–H groups in total. The van der Waals surface area contributed by atoms with E-state index in [1.165, 1.54) is 24.0 Å². The summed E-state index contributed by atoms with van der Waals surface area (Å²) in [6.07, 6.45) is 8.45. The summed E-state index contributed by atoms with van der Waals surface area (Å²) in [4.78, 5) is 4.36. The van der Waals surface area contributed by atoms with E-state index >= 15 is 0 Å². The van der Waals surface area contributed by atoms with E-state index < -0.39 is 5.60 Å². The number of nitrogens with zero attached hydrogens (tertiary/aromatic N) is 1. The highest BCUT2D eigenvalue weighted by molar-refractivity contribution is 14.0. The second-order valence-corrected chi connectivity index (χ2v) is 6.37. The molecule has 1 aromatic rings. The fraction of sp³-hybridized carbons (Fsp3) is 0.588. The number of fused-ring (bicyclic) bond motifs is 1. The van der Waals surface area contributed by atoms with Gasteiger partial charge in [0.15, 0.2) is 5.96 Å². The monoisotopic (exact) mass is 415 g/mol. The minimum Gasteiger partial charge on any atom is -0.390 e. The summed E-state index contributed by atoms with van der Waals surface area (Å²) in [5.41, 5.74) is 9.42. The average molecular weight is 415 g/mol.